The highest BCUT2D eigenvalue weighted by Crippen LogP contribution is 2.24. The maximum absolute atomic E-state index is 12.2. The van der Waals surface area contributed by atoms with Crippen molar-refractivity contribution in [2.45, 2.75) is 45.4 Å². The van der Waals surface area contributed by atoms with Crippen molar-refractivity contribution >= 4 is 5.97 Å². The number of hydrogen-bond acceptors (Lipinski definition) is 2. The maximum Gasteiger partial charge on any atom is 0.338 e. The molecule has 1 fully saturated rings. The van der Waals surface area contributed by atoms with E-state index in [1.165, 1.54) is 48.8 Å². The molecule has 2 aromatic carbocycles. The van der Waals surface area contributed by atoms with Crippen molar-refractivity contribution in [2.75, 3.05) is 6.61 Å². The standard InChI is InChI=1S/C22H26O2/c1-17-7-9-18(10-8-17)15-19-11-13-21(14-12-19)22(23)24-16-20-5-3-2-4-6-20/h7-14,20H,2-6,15-16H2,1H3. The Morgan fingerprint density at radius 3 is 2.12 bits per heavy atom. The van der Waals surface area contributed by atoms with Crippen molar-refractivity contribution in [3.8, 4) is 0 Å². The summed E-state index contributed by atoms with van der Waals surface area (Å²) < 4.78 is 5.50. The molecule has 0 heterocycles. The summed E-state index contributed by atoms with van der Waals surface area (Å²) in [7, 11) is 0. The third-order valence-electron chi connectivity index (χ3n) is 4.89. The Morgan fingerprint density at radius 2 is 1.50 bits per heavy atom. The van der Waals surface area contributed by atoms with E-state index in [0.29, 0.717) is 18.1 Å². The fourth-order valence-corrected chi connectivity index (χ4v) is 3.33. The molecule has 0 aromatic heterocycles. The van der Waals surface area contributed by atoms with Crippen molar-refractivity contribution in [3.05, 3.63) is 70.8 Å². The SMILES string of the molecule is Cc1ccc(Cc2ccc(C(=O)OCC3CCCCC3)cc2)cc1. The first kappa shape index (κ1) is 16.8. The van der Waals surface area contributed by atoms with Gasteiger partial charge in [-0.3, -0.25) is 0 Å². The fraction of sp³-hybridized carbons (Fsp3) is 0.409. The minimum absolute atomic E-state index is 0.192. The summed E-state index contributed by atoms with van der Waals surface area (Å²) >= 11 is 0. The second kappa shape index (κ2) is 8.14. The zero-order chi connectivity index (χ0) is 16.8. The van der Waals surface area contributed by atoms with E-state index >= 15 is 0 Å². The average Bonchev–Trinajstić information content (AvgIpc) is 2.63. The van der Waals surface area contributed by atoms with E-state index in [0.717, 1.165) is 6.42 Å². The van der Waals surface area contributed by atoms with E-state index in [9.17, 15) is 4.79 Å². The molecule has 2 aromatic rings. The van der Waals surface area contributed by atoms with E-state index in [-0.39, 0.29) is 5.97 Å². The molecule has 1 aliphatic rings. The molecule has 0 unspecified atom stereocenters. The summed E-state index contributed by atoms with van der Waals surface area (Å²) in [6, 6.07) is 16.4. The van der Waals surface area contributed by atoms with Gasteiger partial charge in [-0.1, -0.05) is 61.2 Å². The Bertz CT molecular complexity index is 649. The number of carbonyl (C=O) groups excluding carboxylic acids is 1. The topological polar surface area (TPSA) is 26.3 Å². The minimum Gasteiger partial charge on any atom is -0.462 e. The predicted molar refractivity (Wildman–Crippen MR) is 97.3 cm³/mol. The molecular weight excluding hydrogens is 296 g/mol. The van der Waals surface area contributed by atoms with E-state index < -0.39 is 0 Å². The summed E-state index contributed by atoms with van der Waals surface area (Å²) in [5.41, 5.74) is 4.42. The number of rotatable bonds is 5. The first-order chi connectivity index (χ1) is 11.7. The largest absolute Gasteiger partial charge is 0.462 e. The molecule has 0 N–H and O–H groups in total. The zero-order valence-electron chi connectivity index (χ0n) is 14.5. The van der Waals surface area contributed by atoms with E-state index in [2.05, 4.69) is 31.2 Å². The zero-order valence-corrected chi connectivity index (χ0v) is 14.5. The van der Waals surface area contributed by atoms with Crippen molar-refractivity contribution in [2.24, 2.45) is 5.92 Å². The molecule has 0 bridgehead atoms. The molecule has 24 heavy (non-hydrogen) atoms. The summed E-state index contributed by atoms with van der Waals surface area (Å²) in [6.07, 6.45) is 7.15. The highest BCUT2D eigenvalue weighted by molar-refractivity contribution is 5.89. The van der Waals surface area contributed by atoms with E-state index in [4.69, 9.17) is 4.74 Å². The van der Waals surface area contributed by atoms with Crippen LogP contribution in [0.5, 0.6) is 0 Å². The lowest BCUT2D eigenvalue weighted by Gasteiger charge is -2.21. The monoisotopic (exact) mass is 322 g/mol. The van der Waals surface area contributed by atoms with Gasteiger partial charge in [0.15, 0.2) is 0 Å². The summed E-state index contributed by atoms with van der Waals surface area (Å²) in [4.78, 5) is 12.2. The summed E-state index contributed by atoms with van der Waals surface area (Å²) in [6.45, 7) is 2.67. The minimum atomic E-state index is -0.192. The molecule has 0 radical (unpaired) electrons. The fourth-order valence-electron chi connectivity index (χ4n) is 3.33. The molecule has 1 aliphatic carbocycles. The molecule has 0 saturated heterocycles. The van der Waals surface area contributed by atoms with Gasteiger partial charge in [0.1, 0.15) is 0 Å². The second-order valence-electron chi connectivity index (χ2n) is 6.96. The highest BCUT2D eigenvalue weighted by Gasteiger charge is 2.16. The van der Waals surface area contributed by atoms with Crippen LogP contribution in [0.25, 0.3) is 0 Å². The molecule has 2 nitrogen and oxygen atoms in total. The molecule has 0 amide bonds. The molecule has 0 aliphatic heterocycles. The molecule has 2 heteroatoms. The molecule has 3 rings (SSSR count). The van der Waals surface area contributed by atoms with Crippen LogP contribution in [-0.2, 0) is 11.2 Å². The van der Waals surface area contributed by atoms with E-state index in [1.807, 2.05) is 24.3 Å². The third kappa shape index (κ3) is 4.70. The quantitative estimate of drug-likeness (QED) is 0.696. The number of benzene rings is 2. The summed E-state index contributed by atoms with van der Waals surface area (Å²) in [5, 5.41) is 0. The van der Waals surface area contributed by atoms with Crippen molar-refractivity contribution in [1.82, 2.24) is 0 Å². The van der Waals surface area contributed by atoms with Gasteiger partial charge in [0, 0.05) is 0 Å². The van der Waals surface area contributed by atoms with Crippen LogP contribution in [0, 0.1) is 12.8 Å². The van der Waals surface area contributed by atoms with Gasteiger partial charge < -0.3 is 4.74 Å². The average molecular weight is 322 g/mol. The van der Waals surface area contributed by atoms with Crippen LogP contribution in [0.3, 0.4) is 0 Å². The Kier molecular flexibility index (Phi) is 5.68. The van der Waals surface area contributed by atoms with Gasteiger partial charge in [0.2, 0.25) is 0 Å². The first-order valence-corrected chi connectivity index (χ1v) is 9.02. The number of carbonyl (C=O) groups is 1. The number of ether oxygens (including phenoxy) is 1. The smallest absolute Gasteiger partial charge is 0.338 e. The van der Waals surface area contributed by atoms with Crippen LogP contribution in [-0.4, -0.2) is 12.6 Å². The Hall–Kier alpha value is -2.09. The van der Waals surface area contributed by atoms with Gasteiger partial charge in [-0.15, -0.1) is 0 Å². The van der Waals surface area contributed by atoms with Gasteiger partial charge in [-0.2, -0.15) is 0 Å². The van der Waals surface area contributed by atoms with Gasteiger partial charge in [-0.05, 0) is 55.4 Å². The Balaban J connectivity index is 1.53. The van der Waals surface area contributed by atoms with Gasteiger partial charge in [0.25, 0.3) is 0 Å². The number of aryl methyl sites for hydroxylation is 1. The maximum atomic E-state index is 12.2. The molecule has 126 valence electrons. The highest BCUT2D eigenvalue weighted by atomic mass is 16.5. The Morgan fingerprint density at radius 1 is 0.917 bits per heavy atom. The second-order valence-corrected chi connectivity index (χ2v) is 6.96. The Labute approximate surface area is 144 Å². The molecular formula is C22H26O2. The lowest BCUT2D eigenvalue weighted by Crippen LogP contribution is -2.16. The van der Waals surface area contributed by atoms with Crippen LogP contribution in [0.15, 0.2) is 48.5 Å². The van der Waals surface area contributed by atoms with E-state index in [1.54, 1.807) is 0 Å². The lowest BCUT2D eigenvalue weighted by molar-refractivity contribution is 0.0410. The van der Waals surface area contributed by atoms with Gasteiger partial charge in [-0.25, -0.2) is 4.79 Å². The van der Waals surface area contributed by atoms with Crippen LogP contribution >= 0.6 is 0 Å². The van der Waals surface area contributed by atoms with Crippen LogP contribution < -0.4 is 0 Å². The van der Waals surface area contributed by atoms with Crippen LogP contribution in [0.2, 0.25) is 0 Å². The molecule has 1 saturated carbocycles. The van der Waals surface area contributed by atoms with Gasteiger partial charge >= 0.3 is 5.97 Å². The number of hydrogen-bond donors (Lipinski definition) is 0. The molecule has 0 atom stereocenters. The van der Waals surface area contributed by atoms with Crippen molar-refractivity contribution in [1.29, 1.82) is 0 Å². The van der Waals surface area contributed by atoms with Crippen LogP contribution in [0.1, 0.15) is 59.2 Å². The lowest BCUT2D eigenvalue weighted by atomic mass is 9.90. The predicted octanol–water partition coefficient (Wildman–Crippen LogP) is 5.32. The van der Waals surface area contributed by atoms with Crippen molar-refractivity contribution < 1.29 is 9.53 Å². The molecule has 0 spiro atoms. The first-order valence-electron chi connectivity index (χ1n) is 9.02. The van der Waals surface area contributed by atoms with Crippen molar-refractivity contribution in [3.63, 3.8) is 0 Å². The third-order valence-corrected chi connectivity index (χ3v) is 4.89. The number of esters is 1. The van der Waals surface area contributed by atoms with Gasteiger partial charge in [0.05, 0.1) is 12.2 Å². The normalized spacial score (nSPS) is 15.2. The van der Waals surface area contributed by atoms with Crippen LogP contribution in [0.4, 0.5) is 0 Å². The summed E-state index contributed by atoms with van der Waals surface area (Å²) in [5.74, 6) is 0.367.